The number of carbonyl (C=O) groups is 3. The summed E-state index contributed by atoms with van der Waals surface area (Å²) in [5.41, 5.74) is -0.0443. The largest absolute Gasteiger partial charge is 0.481 e. The van der Waals surface area contributed by atoms with Gasteiger partial charge >= 0.3 is 11.9 Å². The molecule has 1 aliphatic heterocycles. The van der Waals surface area contributed by atoms with Crippen molar-refractivity contribution in [2.45, 2.75) is 12.8 Å². The number of carbonyl (C=O) groups excluding carboxylic acids is 1. The van der Waals surface area contributed by atoms with E-state index in [0.717, 1.165) is 0 Å². The fraction of sp³-hybridized carbons (Fsp3) is 0.318. The molecule has 33 heavy (non-hydrogen) atoms. The number of pyridine rings is 2. The summed E-state index contributed by atoms with van der Waals surface area (Å²) in [5, 5.41) is 18.4. The Bertz CT molecular complexity index is 1360. The highest BCUT2D eigenvalue weighted by Crippen LogP contribution is 2.28. The summed E-state index contributed by atoms with van der Waals surface area (Å²) in [5.74, 6) is -3.15. The van der Waals surface area contributed by atoms with E-state index in [1.165, 1.54) is 22.9 Å². The Labute approximate surface area is 186 Å². The number of anilines is 1. The number of amides is 1. The number of carboxylic acid groups (broad SMARTS) is 2. The van der Waals surface area contributed by atoms with Crippen LogP contribution in [-0.2, 0) is 16.6 Å². The van der Waals surface area contributed by atoms with Gasteiger partial charge in [-0.05, 0) is 18.2 Å². The van der Waals surface area contributed by atoms with Crippen LogP contribution in [0.4, 0.5) is 10.1 Å². The molecule has 1 aliphatic rings. The maximum Gasteiger partial charge on any atom is 0.341 e. The second-order valence-corrected chi connectivity index (χ2v) is 7.91. The van der Waals surface area contributed by atoms with Crippen LogP contribution in [0, 0.1) is 5.82 Å². The van der Waals surface area contributed by atoms with Crippen molar-refractivity contribution in [1.29, 1.82) is 0 Å². The number of halogens is 1. The molecule has 0 radical (unpaired) electrons. The van der Waals surface area contributed by atoms with Gasteiger partial charge in [-0.3, -0.25) is 14.4 Å². The van der Waals surface area contributed by atoms with Gasteiger partial charge in [0.05, 0.1) is 23.0 Å². The molecule has 11 heteroatoms. The van der Waals surface area contributed by atoms with Gasteiger partial charge in [0.15, 0.2) is 0 Å². The molecule has 0 atom stereocenters. The van der Waals surface area contributed by atoms with E-state index < -0.39 is 23.2 Å². The molecular formula is C22H21FN4O6. The van der Waals surface area contributed by atoms with Crippen molar-refractivity contribution in [3.05, 3.63) is 46.0 Å². The van der Waals surface area contributed by atoms with Crippen LogP contribution in [0.25, 0.3) is 21.9 Å². The molecule has 0 spiro atoms. The minimum atomic E-state index is -1.35. The average molecular weight is 456 g/mol. The lowest BCUT2D eigenvalue weighted by molar-refractivity contribution is -0.141. The van der Waals surface area contributed by atoms with Gasteiger partial charge < -0.3 is 24.6 Å². The van der Waals surface area contributed by atoms with Crippen molar-refractivity contribution in [1.82, 2.24) is 14.5 Å². The van der Waals surface area contributed by atoms with Crippen molar-refractivity contribution in [2.75, 3.05) is 31.1 Å². The van der Waals surface area contributed by atoms with E-state index in [1.807, 2.05) is 0 Å². The quantitative estimate of drug-likeness (QED) is 0.551. The first-order valence-electron chi connectivity index (χ1n) is 10.3. The molecule has 3 heterocycles. The molecule has 2 N–H and O–H groups in total. The fourth-order valence-corrected chi connectivity index (χ4v) is 4.03. The molecule has 1 fully saturated rings. The lowest BCUT2D eigenvalue weighted by Gasteiger charge is -2.36. The number of hydrogen-bond acceptors (Lipinski definition) is 6. The summed E-state index contributed by atoms with van der Waals surface area (Å²) in [6.07, 6.45) is 0.907. The Morgan fingerprint density at radius 2 is 1.76 bits per heavy atom. The van der Waals surface area contributed by atoms with Gasteiger partial charge in [-0.1, -0.05) is 0 Å². The number of aromatic nitrogens is 2. The van der Waals surface area contributed by atoms with E-state index in [2.05, 4.69) is 4.98 Å². The second-order valence-electron chi connectivity index (χ2n) is 7.91. The summed E-state index contributed by atoms with van der Waals surface area (Å²) in [6, 6.07) is 4.27. The number of hydrogen-bond donors (Lipinski definition) is 2. The van der Waals surface area contributed by atoms with Crippen LogP contribution in [0.15, 0.2) is 29.2 Å². The number of nitrogens with zero attached hydrogens (tertiary/aromatic N) is 4. The van der Waals surface area contributed by atoms with Crippen molar-refractivity contribution in [3.8, 4) is 0 Å². The maximum atomic E-state index is 15.0. The van der Waals surface area contributed by atoms with E-state index in [9.17, 15) is 28.7 Å². The van der Waals surface area contributed by atoms with Gasteiger partial charge in [0.2, 0.25) is 11.3 Å². The number of piperazine rings is 1. The fourth-order valence-electron chi connectivity index (χ4n) is 4.03. The Morgan fingerprint density at radius 3 is 2.39 bits per heavy atom. The Hall–Kier alpha value is -4.02. The normalized spacial score (nSPS) is 14.1. The third kappa shape index (κ3) is 4.21. The van der Waals surface area contributed by atoms with Crippen molar-refractivity contribution in [3.63, 3.8) is 0 Å². The molecule has 0 bridgehead atoms. The predicted octanol–water partition coefficient (Wildman–Crippen LogP) is 1.44. The van der Waals surface area contributed by atoms with Gasteiger partial charge in [0.25, 0.3) is 0 Å². The minimum Gasteiger partial charge on any atom is -0.481 e. The monoisotopic (exact) mass is 456 g/mol. The summed E-state index contributed by atoms with van der Waals surface area (Å²) < 4.78 is 16.4. The van der Waals surface area contributed by atoms with Gasteiger partial charge in [0.1, 0.15) is 17.0 Å². The summed E-state index contributed by atoms with van der Waals surface area (Å²) in [4.78, 5) is 54.5. The summed E-state index contributed by atoms with van der Waals surface area (Å²) >= 11 is 0. The number of fused-ring (bicyclic) bond motifs is 2. The van der Waals surface area contributed by atoms with Gasteiger partial charge in [-0.25, -0.2) is 14.2 Å². The number of benzene rings is 1. The summed E-state index contributed by atoms with van der Waals surface area (Å²) in [7, 11) is 1.58. The van der Waals surface area contributed by atoms with Crippen molar-refractivity contribution in [2.24, 2.45) is 7.05 Å². The molecular weight excluding hydrogens is 435 g/mol. The zero-order chi connectivity index (χ0) is 23.9. The smallest absolute Gasteiger partial charge is 0.341 e. The summed E-state index contributed by atoms with van der Waals surface area (Å²) in [6.45, 7) is 1.42. The van der Waals surface area contributed by atoms with Crippen LogP contribution in [0.2, 0.25) is 0 Å². The van der Waals surface area contributed by atoms with Crippen LogP contribution < -0.4 is 10.3 Å². The average Bonchev–Trinajstić information content (AvgIpc) is 2.78. The van der Waals surface area contributed by atoms with Crippen LogP contribution in [0.5, 0.6) is 0 Å². The first-order valence-corrected chi connectivity index (χ1v) is 10.3. The number of aromatic carboxylic acids is 1. The molecule has 0 saturated carbocycles. The van der Waals surface area contributed by atoms with E-state index >= 15 is 0 Å². The second kappa shape index (κ2) is 8.49. The predicted molar refractivity (Wildman–Crippen MR) is 117 cm³/mol. The van der Waals surface area contributed by atoms with Crippen molar-refractivity contribution >= 4 is 45.5 Å². The Morgan fingerprint density at radius 1 is 1.06 bits per heavy atom. The molecule has 0 aliphatic carbocycles. The molecule has 4 rings (SSSR count). The zero-order valence-corrected chi connectivity index (χ0v) is 17.7. The maximum absolute atomic E-state index is 15.0. The molecule has 172 valence electrons. The first kappa shape index (κ1) is 22.2. The van der Waals surface area contributed by atoms with Crippen LogP contribution >= 0.6 is 0 Å². The van der Waals surface area contributed by atoms with Gasteiger partial charge in [0, 0.05) is 51.2 Å². The molecule has 1 saturated heterocycles. The highest BCUT2D eigenvalue weighted by Gasteiger charge is 2.24. The third-order valence-electron chi connectivity index (χ3n) is 5.77. The first-order chi connectivity index (χ1) is 15.7. The van der Waals surface area contributed by atoms with E-state index in [4.69, 9.17) is 5.11 Å². The molecule has 10 nitrogen and oxygen atoms in total. The van der Waals surface area contributed by atoms with Crippen LogP contribution in [-0.4, -0.2) is 68.7 Å². The lowest BCUT2D eigenvalue weighted by atomic mass is 10.1. The highest BCUT2D eigenvalue weighted by molar-refractivity contribution is 5.96. The van der Waals surface area contributed by atoms with Gasteiger partial charge in [-0.2, -0.15) is 0 Å². The van der Waals surface area contributed by atoms with E-state index in [0.29, 0.717) is 42.8 Å². The highest BCUT2D eigenvalue weighted by atomic mass is 19.1. The van der Waals surface area contributed by atoms with E-state index in [-0.39, 0.29) is 35.3 Å². The Balaban J connectivity index is 1.64. The molecule has 1 amide bonds. The van der Waals surface area contributed by atoms with Gasteiger partial charge in [-0.15, -0.1) is 0 Å². The van der Waals surface area contributed by atoms with Crippen molar-refractivity contribution < 1.29 is 29.0 Å². The molecule has 0 unspecified atom stereocenters. The topological polar surface area (TPSA) is 133 Å². The number of rotatable bonds is 5. The number of aryl methyl sites for hydroxylation is 1. The van der Waals surface area contributed by atoms with E-state index in [1.54, 1.807) is 22.9 Å². The SMILES string of the molecule is Cn1cc(C(=O)O)c(=O)c2cc3cc(F)c(N4CCN(C(=O)CCC(=O)O)CC4)cc3nc21. The van der Waals surface area contributed by atoms with Crippen LogP contribution in [0.1, 0.15) is 23.2 Å². The molecule has 1 aromatic carbocycles. The molecule has 2 aromatic heterocycles. The number of carboxylic acids is 2. The molecule has 3 aromatic rings. The van der Waals surface area contributed by atoms with Crippen LogP contribution in [0.3, 0.4) is 0 Å². The zero-order valence-electron chi connectivity index (χ0n) is 17.7. The lowest BCUT2D eigenvalue weighted by Crippen LogP contribution is -2.49. The third-order valence-corrected chi connectivity index (χ3v) is 5.77. The standard InChI is InChI=1S/C22H21FN4O6/c1-25-11-14(22(32)33)20(31)13-8-12-9-15(23)17(10-16(12)24-21(13)25)26-4-6-27(7-5-26)18(28)2-3-19(29)30/h8-11H,2-7H2,1H3,(H,29,30)(H,32,33). The Kier molecular flexibility index (Phi) is 5.71. The minimum absolute atomic E-state index is 0.0705. The number of aliphatic carboxylic acids is 1.